The summed E-state index contributed by atoms with van der Waals surface area (Å²) in [4.78, 5) is 0. The summed E-state index contributed by atoms with van der Waals surface area (Å²) in [6.07, 6.45) is 7.96. The lowest BCUT2D eigenvalue weighted by Gasteiger charge is -2.17. The first-order valence-electron chi connectivity index (χ1n) is 6.07. The van der Waals surface area contributed by atoms with Crippen molar-refractivity contribution in [2.45, 2.75) is 71.4 Å². The fraction of sp³-hybridized carbons (Fsp3) is 1.00. The first-order chi connectivity index (χ1) is 6.70. The van der Waals surface area contributed by atoms with Crippen LogP contribution in [0.2, 0.25) is 0 Å². The van der Waals surface area contributed by atoms with E-state index < -0.39 is 0 Å². The smallest absolute Gasteiger partial charge is 0.0582 e. The number of rotatable bonds is 9. The van der Waals surface area contributed by atoms with E-state index in [4.69, 9.17) is 5.11 Å². The number of unbranched alkanes of at least 4 members (excludes halogenated alkanes) is 4. The molecule has 0 heterocycles. The molecule has 0 aromatic rings. The van der Waals surface area contributed by atoms with Gasteiger partial charge in [-0.05, 0) is 20.3 Å². The molecule has 0 aliphatic rings. The second-order valence-electron chi connectivity index (χ2n) is 4.35. The Hall–Kier alpha value is -0.0800. The minimum absolute atomic E-state index is 0.236. The normalized spacial score (nSPS) is 15.4. The quantitative estimate of drug-likeness (QED) is 0.562. The van der Waals surface area contributed by atoms with Crippen molar-refractivity contribution < 1.29 is 5.11 Å². The van der Waals surface area contributed by atoms with Crippen molar-refractivity contribution in [3.63, 3.8) is 0 Å². The molecular weight excluding hydrogens is 174 g/mol. The zero-order valence-corrected chi connectivity index (χ0v) is 10.1. The van der Waals surface area contributed by atoms with Gasteiger partial charge in [0, 0.05) is 12.1 Å². The molecule has 0 aliphatic heterocycles. The summed E-state index contributed by atoms with van der Waals surface area (Å²) < 4.78 is 0. The van der Waals surface area contributed by atoms with Crippen LogP contribution in [0, 0.1) is 0 Å². The van der Waals surface area contributed by atoms with Gasteiger partial charge in [0.15, 0.2) is 0 Å². The first-order valence-corrected chi connectivity index (χ1v) is 6.07. The molecule has 0 unspecified atom stereocenters. The van der Waals surface area contributed by atoms with Gasteiger partial charge in [0.25, 0.3) is 0 Å². The van der Waals surface area contributed by atoms with Gasteiger partial charge in [-0.2, -0.15) is 0 Å². The van der Waals surface area contributed by atoms with Gasteiger partial charge in [-0.15, -0.1) is 0 Å². The molecule has 86 valence electrons. The third-order valence-corrected chi connectivity index (χ3v) is 2.58. The third kappa shape index (κ3) is 8.52. The zero-order chi connectivity index (χ0) is 10.8. The molecule has 0 aromatic heterocycles. The summed E-state index contributed by atoms with van der Waals surface area (Å²) in [6.45, 7) is 6.70. The fourth-order valence-electron chi connectivity index (χ4n) is 1.68. The Bertz CT molecular complexity index is 117. The molecule has 0 aromatic carbocycles. The minimum Gasteiger partial charge on any atom is -0.395 e. The number of hydrogen-bond donors (Lipinski definition) is 2. The second kappa shape index (κ2) is 9.47. The largest absolute Gasteiger partial charge is 0.395 e. The third-order valence-electron chi connectivity index (χ3n) is 2.58. The van der Waals surface area contributed by atoms with E-state index in [1.807, 2.05) is 6.92 Å². The van der Waals surface area contributed by atoms with Crippen molar-refractivity contribution >= 4 is 0 Å². The van der Waals surface area contributed by atoms with Crippen LogP contribution >= 0.6 is 0 Å². The van der Waals surface area contributed by atoms with Gasteiger partial charge >= 0.3 is 0 Å². The molecule has 14 heavy (non-hydrogen) atoms. The predicted octanol–water partition coefficient (Wildman–Crippen LogP) is 2.71. The van der Waals surface area contributed by atoms with E-state index in [-0.39, 0.29) is 12.6 Å². The van der Waals surface area contributed by atoms with Gasteiger partial charge in [0.05, 0.1) is 6.61 Å². The maximum Gasteiger partial charge on any atom is 0.0582 e. The number of nitrogens with one attached hydrogen (secondary N) is 1. The molecule has 0 amide bonds. The molecule has 0 aliphatic carbocycles. The van der Waals surface area contributed by atoms with Gasteiger partial charge in [0.2, 0.25) is 0 Å². The molecule has 2 nitrogen and oxygen atoms in total. The van der Waals surface area contributed by atoms with E-state index in [0.717, 1.165) is 0 Å². The van der Waals surface area contributed by atoms with Gasteiger partial charge in [-0.25, -0.2) is 0 Å². The standard InChI is InChI=1S/C12H27NO/c1-4-5-6-7-8-9-11(2)13-12(3)10-14/h11-14H,4-10H2,1-3H3/t11-,12-/m1/s1. The molecular formula is C12H27NO. The maximum atomic E-state index is 8.86. The van der Waals surface area contributed by atoms with Crippen LogP contribution in [0.25, 0.3) is 0 Å². The van der Waals surface area contributed by atoms with Crippen LogP contribution in [-0.2, 0) is 0 Å². The van der Waals surface area contributed by atoms with E-state index in [1.54, 1.807) is 0 Å². The highest BCUT2D eigenvalue weighted by atomic mass is 16.3. The lowest BCUT2D eigenvalue weighted by atomic mass is 10.1. The topological polar surface area (TPSA) is 32.3 Å². The van der Waals surface area contributed by atoms with Crippen LogP contribution < -0.4 is 5.32 Å². The van der Waals surface area contributed by atoms with E-state index in [2.05, 4.69) is 19.2 Å². The van der Waals surface area contributed by atoms with Gasteiger partial charge in [-0.1, -0.05) is 39.0 Å². The van der Waals surface area contributed by atoms with Crippen LogP contribution in [0.1, 0.15) is 59.3 Å². The number of hydrogen-bond acceptors (Lipinski definition) is 2. The molecule has 0 bridgehead atoms. The highest BCUT2D eigenvalue weighted by Gasteiger charge is 2.05. The summed E-state index contributed by atoms with van der Waals surface area (Å²) in [5.74, 6) is 0. The van der Waals surface area contributed by atoms with E-state index >= 15 is 0 Å². The van der Waals surface area contributed by atoms with Crippen molar-refractivity contribution in [3.8, 4) is 0 Å². The minimum atomic E-state index is 0.236. The lowest BCUT2D eigenvalue weighted by Crippen LogP contribution is -2.36. The van der Waals surface area contributed by atoms with Crippen molar-refractivity contribution in [1.29, 1.82) is 0 Å². The molecule has 2 N–H and O–H groups in total. The molecule has 2 atom stereocenters. The highest BCUT2D eigenvalue weighted by Crippen LogP contribution is 2.07. The van der Waals surface area contributed by atoms with Crippen LogP contribution in [0.4, 0.5) is 0 Å². The van der Waals surface area contributed by atoms with E-state index in [1.165, 1.54) is 38.5 Å². The summed E-state index contributed by atoms with van der Waals surface area (Å²) in [6, 6.07) is 0.777. The Kier molecular flexibility index (Phi) is 9.42. The maximum absolute atomic E-state index is 8.86. The Morgan fingerprint density at radius 3 is 2.21 bits per heavy atom. The van der Waals surface area contributed by atoms with Crippen LogP contribution in [0.3, 0.4) is 0 Å². The summed E-state index contributed by atoms with van der Waals surface area (Å²) >= 11 is 0. The summed E-state index contributed by atoms with van der Waals surface area (Å²) in [5.41, 5.74) is 0. The van der Waals surface area contributed by atoms with Gasteiger partial charge in [-0.3, -0.25) is 0 Å². The van der Waals surface area contributed by atoms with Gasteiger partial charge in [0.1, 0.15) is 0 Å². The second-order valence-corrected chi connectivity index (χ2v) is 4.35. The molecule has 0 rings (SSSR count). The highest BCUT2D eigenvalue weighted by molar-refractivity contribution is 4.66. The lowest BCUT2D eigenvalue weighted by molar-refractivity contribution is 0.240. The Morgan fingerprint density at radius 1 is 1.00 bits per heavy atom. The summed E-state index contributed by atoms with van der Waals surface area (Å²) in [5, 5.41) is 12.2. The molecule has 2 heteroatoms. The molecule has 0 fully saturated rings. The van der Waals surface area contributed by atoms with Crippen molar-refractivity contribution in [1.82, 2.24) is 5.32 Å². The van der Waals surface area contributed by atoms with Crippen LogP contribution in [0.5, 0.6) is 0 Å². The summed E-state index contributed by atoms with van der Waals surface area (Å²) in [7, 11) is 0. The van der Waals surface area contributed by atoms with Crippen molar-refractivity contribution in [2.75, 3.05) is 6.61 Å². The van der Waals surface area contributed by atoms with Crippen LogP contribution in [0.15, 0.2) is 0 Å². The average molecular weight is 201 g/mol. The molecule has 0 radical (unpaired) electrons. The fourth-order valence-corrected chi connectivity index (χ4v) is 1.68. The molecule has 0 saturated carbocycles. The number of aliphatic hydroxyl groups excluding tert-OH is 1. The Balaban J connectivity index is 3.22. The number of aliphatic hydroxyl groups is 1. The SMILES string of the molecule is CCCCCCC[C@@H](C)N[C@H](C)CO. The van der Waals surface area contributed by atoms with E-state index in [9.17, 15) is 0 Å². The van der Waals surface area contributed by atoms with Gasteiger partial charge < -0.3 is 10.4 Å². The van der Waals surface area contributed by atoms with Crippen LogP contribution in [-0.4, -0.2) is 23.8 Å². The predicted molar refractivity (Wildman–Crippen MR) is 62.5 cm³/mol. The Labute approximate surface area is 89.1 Å². The average Bonchev–Trinajstić information content (AvgIpc) is 2.17. The molecule has 0 saturated heterocycles. The Morgan fingerprint density at radius 2 is 1.64 bits per heavy atom. The van der Waals surface area contributed by atoms with E-state index in [0.29, 0.717) is 6.04 Å². The zero-order valence-electron chi connectivity index (χ0n) is 10.1. The first kappa shape index (κ1) is 13.9. The van der Waals surface area contributed by atoms with Crippen molar-refractivity contribution in [3.05, 3.63) is 0 Å². The monoisotopic (exact) mass is 201 g/mol. The van der Waals surface area contributed by atoms with Crippen molar-refractivity contribution in [2.24, 2.45) is 0 Å². The molecule has 0 spiro atoms.